The molecule has 2 atom stereocenters. The minimum atomic E-state index is -0.268. The quantitative estimate of drug-likeness (QED) is 0.112. The molecule has 0 bridgehead atoms. The number of halogens is 1. The normalized spacial score (nSPS) is 19.6. The Morgan fingerprint density at radius 2 is 1.47 bits per heavy atom. The monoisotopic (exact) mass is 719 g/mol. The second-order valence-corrected chi connectivity index (χ2v) is 14.1. The molecule has 1 amide bonds. The van der Waals surface area contributed by atoms with Gasteiger partial charge in [0.25, 0.3) is 0 Å². The highest BCUT2D eigenvalue weighted by molar-refractivity contribution is 6.31. The molecule has 7 N–H and O–H groups in total. The summed E-state index contributed by atoms with van der Waals surface area (Å²) in [4.78, 5) is 46.2. The molecular formula is C36H50ClN11O3. The van der Waals surface area contributed by atoms with Gasteiger partial charge in [0.05, 0.1) is 13.0 Å². The van der Waals surface area contributed by atoms with Crippen molar-refractivity contribution in [3.05, 3.63) is 47.0 Å². The van der Waals surface area contributed by atoms with Crippen LogP contribution >= 0.6 is 11.6 Å². The number of nitrogens with one attached hydrogen (secondary N) is 3. The number of ether oxygens (including phenoxy) is 1. The van der Waals surface area contributed by atoms with Gasteiger partial charge in [-0.15, -0.1) is 0 Å². The fourth-order valence-corrected chi connectivity index (χ4v) is 6.61. The molecule has 4 aliphatic rings. The molecule has 7 rings (SSSR count). The summed E-state index contributed by atoms with van der Waals surface area (Å²) in [5.41, 5.74) is 12.7. The fraction of sp³-hybridized carbons (Fsp3) is 0.556. The molecule has 15 heteroatoms. The highest BCUT2D eigenvalue weighted by Gasteiger charge is 2.33. The topological polar surface area (TPSA) is 190 Å². The number of hydrogen-bond acceptors (Lipinski definition) is 13. The maximum atomic E-state index is 12.8. The molecule has 2 aliphatic carbocycles. The Labute approximate surface area is 304 Å². The molecule has 2 unspecified atom stereocenters. The number of nitrogens with two attached hydrogens (primary N) is 2. The first-order valence-corrected chi connectivity index (χ1v) is 18.7. The summed E-state index contributed by atoms with van der Waals surface area (Å²) in [6.45, 7) is 4.65. The van der Waals surface area contributed by atoms with Crippen LogP contribution in [0.5, 0.6) is 0 Å². The lowest BCUT2D eigenvalue weighted by Gasteiger charge is -2.25. The van der Waals surface area contributed by atoms with E-state index in [9.17, 15) is 9.59 Å². The summed E-state index contributed by atoms with van der Waals surface area (Å²) in [5.74, 6) is 3.33. The van der Waals surface area contributed by atoms with Crippen LogP contribution in [0.4, 0.5) is 35.2 Å². The molecule has 4 fully saturated rings. The van der Waals surface area contributed by atoms with Crippen molar-refractivity contribution in [3.8, 4) is 0 Å². The standard InChI is InChI=1S/C19H23ClN6O.C17H27N5O2/c20-14-5-2-1-4-12(14)11-22-18(27)15-6-3-9-26(15)17-10-16(23-13-7-8-13)24-19(21)25-17;1-2-3-9-24-16(23)10-13-5-4-8-22(13)15-11-14(19-12-6-7-12)20-17(18)21-15/h1-2,4-5,10,13,15H,3,6-9,11H2,(H,22,27)(H3,21,23,24,25);11-13H,2-10H2,1H3,(H3,18,19,20,21). The Morgan fingerprint density at radius 3 is 2.10 bits per heavy atom. The molecule has 2 aromatic heterocycles. The first-order valence-electron chi connectivity index (χ1n) is 18.3. The second kappa shape index (κ2) is 17.1. The molecule has 2 saturated heterocycles. The van der Waals surface area contributed by atoms with Gasteiger partial charge in [-0.2, -0.15) is 19.9 Å². The van der Waals surface area contributed by atoms with Gasteiger partial charge in [-0.3, -0.25) is 9.59 Å². The van der Waals surface area contributed by atoms with Gasteiger partial charge in [0.15, 0.2) is 0 Å². The number of carbonyl (C=O) groups excluding carboxylic acids is 2. The van der Waals surface area contributed by atoms with Crippen LogP contribution < -0.4 is 37.2 Å². The molecule has 3 aromatic rings. The van der Waals surface area contributed by atoms with E-state index in [-0.39, 0.29) is 35.9 Å². The van der Waals surface area contributed by atoms with Crippen molar-refractivity contribution in [2.45, 2.75) is 108 Å². The second-order valence-electron chi connectivity index (χ2n) is 13.7. The SMILES string of the molecule is CCCCOC(=O)CC1CCCN1c1cc(NC2CC2)nc(N)n1.Nc1nc(NC2CC2)cc(N2CCCC2C(=O)NCc2ccccc2Cl)n1. The number of rotatable bonds is 14. The molecule has 4 heterocycles. The van der Waals surface area contributed by atoms with Gasteiger partial charge in [0, 0.05) is 54.9 Å². The summed E-state index contributed by atoms with van der Waals surface area (Å²) >= 11 is 6.17. The minimum absolute atomic E-state index is 0.0266. The Kier molecular flexibility index (Phi) is 12.1. The van der Waals surface area contributed by atoms with E-state index in [1.807, 2.05) is 41.3 Å². The van der Waals surface area contributed by atoms with E-state index in [4.69, 9.17) is 27.8 Å². The number of aromatic nitrogens is 4. The van der Waals surface area contributed by atoms with E-state index in [0.717, 1.165) is 87.5 Å². The number of anilines is 6. The summed E-state index contributed by atoms with van der Waals surface area (Å²) < 4.78 is 5.30. The van der Waals surface area contributed by atoms with Crippen LogP contribution in [0.3, 0.4) is 0 Å². The number of esters is 1. The Balaban J connectivity index is 0.000000177. The molecule has 274 valence electrons. The van der Waals surface area contributed by atoms with Gasteiger partial charge in [-0.05, 0) is 69.4 Å². The van der Waals surface area contributed by atoms with Crippen molar-refractivity contribution in [2.24, 2.45) is 0 Å². The van der Waals surface area contributed by atoms with E-state index in [1.54, 1.807) is 0 Å². The predicted octanol–water partition coefficient (Wildman–Crippen LogP) is 4.91. The zero-order valence-corrected chi connectivity index (χ0v) is 30.1. The number of nitrogen functional groups attached to an aromatic ring is 2. The molecule has 0 spiro atoms. The minimum Gasteiger partial charge on any atom is -0.466 e. The zero-order valence-electron chi connectivity index (χ0n) is 29.3. The largest absolute Gasteiger partial charge is 0.466 e. The van der Waals surface area contributed by atoms with Crippen molar-refractivity contribution in [3.63, 3.8) is 0 Å². The smallest absolute Gasteiger partial charge is 0.307 e. The summed E-state index contributed by atoms with van der Waals surface area (Å²) in [5, 5.41) is 10.4. The fourth-order valence-electron chi connectivity index (χ4n) is 6.41. The third-order valence-electron chi connectivity index (χ3n) is 9.41. The molecule has 2 saturated carbocycles. The van der Waals surface area contributed by atoms with Crippen LogP contribution in [-0.2, 0) is 20.9 Å². The van der Waals surface area contributed by atoms with Gasteiger partial charge >= 0.3 is 5.97 Å². The van der Waals surface area contributed by atoms with Gasteiger partial charge < -0.3 is 42.0 Å². The van der Waals surface area contributed by atoms with Gasteiger partial charge in [-0.1, -0.05) is 43.1 Å². The van der Waals surface area contributed by atoms with E-state index >= 15 is 0 Å². The first-order chi connectivity index (χ1) is 24.7. The highest BCUT2D eigenvalue weighted by Crippen LogP contribution is 2.31. The van der Waals surface area contributed by atoms with Gasteiger partial charge in [0.2, 0.25) is 17.8 Å². The summed E-state index contributed by atoms with van der Waals surface area (Å²) in [7, 11) is 0. The molecule has 0 radical (unpaired) electrons. The van der Waals surface area contributed by atoms with Crippen molar-refractivity contribution in [1.29, 1.82) is 0 Å². The van der Waals surface area contributed by atoms with Crippen molar-refractivity contribution >= 4 is 58.6 Å². The van der Waals surface area contributed by atoms with E-state index in [2.05, 4.69) is 47.7 Å². The number of nitrogens with zero attached hydrogens (tertiary/aromatic N) is 6. The van der Waals surface area contributed by atoms with Gasteiger partial charge in [0.1, 0.15) is 29.3 Å². The Morgan fingerprint density at radius 1 is 0.863 bits per heavy atom. The number of benzene rings is 1. The molecule has 1 aromatic carbocycles. The van der Waals surface area contributed by atoms with Crippen molar-refractivity contribution in [2.75, 3.05) is 51.6 Å². The van der Waals surface area contributed by atoms with Crippen LogP contribution in [0.25, 0.3) is 0 Å². The molecular weight excluding hydrogens is 670 g/mol. The third-order valence-corrected chi connectivity index (χ3v) is 9.78. The van der Waals surface area contributed by atoms with Gasteiger partial charge in [-0.25, -0.2) is 0 Å². The maximum Gasteiger partial charge on any atom is 0.307 e. The van der Waals surface area contributed by atoms with E-state index in [0.29, 0.717) is 42.5 Å². The maximum absolute atomic E-state index is 12.8. The zero-order chi connectivity index (χ0) is 35.7. The Hall–Kier alpha value is -4.59. The average molecular weight is 720 g/mol. The van der Waals surface area contributed by atoms with Crippen LogP contribution in [0, 0.1) is 0 Å². The number of amides is 1. The first kappa shape index (κ1) is 36.2. The third kappa shape index (κ3) is 10.5. The number of hydrogen-bond donors (Lipinski definition) is 5. The van der Waals surface area contributed by atoms with Crippen LogP contribution in [-0.4, -0.2) is 75.7 Å². The van der Waals surface area contributed by atoms with Crippen LogP contribution in [0.2, 0.25) is 5.02 Å². The van der Waals surface area contributed by atoms with Crippen LogP contribution in [0.15, 0.2) is 36.4 Å². The average Bonchev–Trinajstić information content (AvgIpc) is 4.00. The lowest BCUT2D eigenvalue weighted by atomic mass is 10.1. The molecule has 51 heavy (non-hydrogen) atoms. The Bertz CT molecular complexity index is 1650. The predicted molar refractivity (Wildman–Crippen MR) is 201 cm³/mol. The molecule has 2 aliphatic heterocycles. The van der Waals surface area contributed by atoms with E-state index in [1.165, 1.54) is 12.8 Å². The highest BCUT2D eigenvalue weighted by atomic mass is 35.5. The van der Waals surface area contributed by atoms with Crippen LogP contribution in [0.1, 0.15) is 83.1 Å². The lowest BCUT2D eigenvalue weighted by molar-refractivity contribution is -0.144. The number of unbranched alkanes of at least 4 members (excludes halogenated alkanes) is 1. The van der Waals surface area contributed by atoms with E-state index < -0.39 is 0 Å². The lowest BCUT2D eigenvalue weighted by Crippen LogP contribution is -2.43. The summed E-state index contributed by atoms with van der Waals surface area (Å²) in [6, 6.07) is 12.2. The van der Waals surface area contributed by atoms with Crippen molar-refractivity contribution < 1.29 is 14.3 Å². The number of carbonyl (C=O) groups is 2. The van der Waals surface area contributed by atoms with Crippen molar-refractivity contribution in [1.82, 2.24) is 25.3 Å². The summed E-state index contributed by atoms with van der Waals surface area (Å²) in [6.07, 6.45) is 10.7. The molecule has 14 nitrogen and oxygen atoms in total.